The van der Waals surface area contributed by atoms with Crippen LogP contribution in [-0.2, 0) is 6.42 Å². The van der Waals surface area contributed by atoms with Crippen molar-refractivity contribution < 1.29 is 0 Å². The largest absolute Gasteiger partial charge is 0.332 e. The first-order chi connectivity index (χ1) is 7.83. The molecule has 90 valence electrons. The number of rotatable bonds is 4. The number of imidazole rings is 1. The van der Waals surface area contributed by atoms with Gasteiger partial charge in [-0.3, -0.25) is 0 Å². The Kier molecular flexibility index (Phi) is 3.99. The molecule has 2 unspecified atom stereocenters. The fourth-order valence-electron chi connectivity index (χ4n) is 2.67. The van der Waals surface area contributed by atoms with Gasteiger partial charge in [0.2, 0.25) is 0 Å². The molecular weight excluding hydrogens is 198 g/mol. The molecule has 2 heterocycles. The summed E-state index contributed by atoms with van der Waals surface area (Å²) in [7, 11) is 0. The van der Waals surface area contributed by atoms with Crippen molar-refractivity contribution in [1.82, 2.24) is 14.9 Å². The molecule has 2 atom stereocenters. The summed E-state index contributed by atoms with van der Waals surface area (Å²) in [5.41, 5.74) is 1.39. The summed E-state index contributed by atoms with van der Waals surface area (Å²) in [6.45, 7) is 6.91. The molecule has 0 aromatic carbocycles. The van der Waals surface area contributed by atoms with Crippen molar-refractivity contribution in [3.63, 3.8) is 0 Å². The van der Waals surface area contributed by atoms with Crippen LogP contribution in [0.2, 0.25) is 0 Å². The van der Waals surface area contributed by atoms with Crippen molar-refractivity contribution in [2.24, 2.45) is 5.92 Å². The molecule has 0 radical (unpaired) electrons. The molecule has 2 rings (SSSR count). The van der Waals surface area contributed by atoms with Gasteiger partial charge in [0, 0.05) is 17.9 Å². The van der Waals surface area contributed by atoms with E-state index in [1.807, 2.05) is 12.5 Å². The van der Waals surface area contributed by atoms with E-state index in [-0.39, 0.29) is 0 Å². The lowest BCUT2D eigenvalue weighted by atomic mass is 9.92. The van der Waals surface area contributed by atoms with Gasteiger partial charge in [-0.1, -0.05) is 13.3 Å². The highest BCUT2D eigenvalue weighted by molar-refractivity contribution is 5.01. The molecule has 0 saturated carbocycles. The van der Waals surface area contributed by atoms with Crippen molar-refractivity contribution in [2.75, 3.05) is 13.1 Å². The Morgan fingerprint density at radius 3 is 3.19 bits per heavy atom. The molecule has 3 heteroatoms. The van der Waals surface area contributed by atoms with E-state index in [2.05, 4.69) is 28.7 Å². The molecular formula is C13H23N3. The number of hydrogen-bond donors (Lipinski definition) is 1. The molecule has 1 N–H and O–H groups in total. The Hall–Kier alpha value is -0.830. The van der Waals surface area contributed by atoms with E-state index in [0.29, 0.717) is 6.04 Å². The van der Waals surface area contributed by atoms with Gasteiger partial charge in [-0.15, -0.1) is 0 Å². The molecule has 1 fully saturated rings. The topological polar surface area (TPSA) is 29.9 Å². The summed E-state index contributed by atoms with van der Waals surface area (Å²) in [6.07, 6.45) is 9.02. The minimum absolute atomic E-state index is 0.580. The lowest BCUT2D eigenvalue weighted by Gasteiger charge is -2.30. The number of aromatic nitrogens is 2. The van der Waals surface area contributed by atoms with Crippen LogP contribution in [-0.4, -0.2) is 22.6 Å². The molecule has 16 heavy (non-hydrogen) atoms. The molecule has 1 aromatic rings. The van der Waals surface area contributed by atoms with E-state index in [9.17, 15) is 0 Å². The maximum Gasteiger partial charge on any atom is 0.0950 e. The van der Waals surface area contributed by atoms with Crippen LogP contribution in [0.5, 0.6) is 0 Å². The lowest BCUT2D eigenvalue weighted by molar-refractivity contribution is 0.276. The van der Waals surface area contributed by atoms with Gasteiger partial charge in [0.25, 0.3) is 0 Å². The third-order valence-electron chi connectivity index (χ3n) is 3.71. The van der Waals surface area contributed by atoms with Crippen LogP contribution in [0.3, 0.4) is 0 Å². The van der Waals surface area contributed by atoms with E-state index in [1.165, 1.54) is 31.5 Å². The van der Waals surface area contributed by atoms with Gasteiger partial charge in [0.1, 0.15) is 0 Å². The monoisotopic (exact) mass is 221 g/mol. The first kappa shape index (κ1) is 11.6. The van der Waals surface area contributed by atoms with Crippen molar-refractivity contribution >= 4 is 0 Å². The van der Waals surface area contributed by atoms with E-state index < -0.39 is 0 Å². The normalized spacial score (nSPS) is 23.2. The standard InChI is InChI=1S/C13H23N3/c1-3-5-13-9-15-10-16(13)11(2)12-6-4-7-14-8-12/h9-12,14H,3-8H2,1-2H3. The summed E-state index contributed by atoms with van der Waals surface area (Å²) < 4.78 is 2.38. The number of nitrogens with one attached hydrogen (secondary N) is 1. The summed E-state index contributed by atoms with van der Waals surface area (Å²) in [5, 5.41) is 3.50. The molecule has 1 saturated heterocycles. The highest BCUT2D eigenvalue weighted by Gasteiger charge is 2.22. The second-order valence-corrected chi connectivity index (χ2v) is 4.89. The number of piperidine rings is 1. The predicted octanol–water partition coefficient (Wildman–Crippen LogP) is 2.40. The first-order valence-electron chi connectivity index (χ1n) is 6.54. The van der Waals surface area contributed by atoms with Gasteiger partial charge in [-0.05, 0) is 45.2 Å². The third-order valence-corrected chi connectivity index (χ3v) is 3.71. The van der Waals surface area contributed by atoms with Crippen LogP contribution >= 0.6 is 0 Å². The molecule has 0 bridgehead atoms. The molecule has 1 aromatic heterocycles. The second kappa shape index (κ2) is 5.48. The first-order valence-corrected chi connectivity index (χ1v) is 6.54. The van der Waals surface area contributed by atoms with Gasteiger partial charge < -0.3 is 9.88 Å². The number of aryl methyl sites for hydroxylation is 1. The van der Waals surface area contributed by atoms with Crippen molar-refractivity contribution in [2.45, 2.75) is 45.6 Å². The maximum atomic E-state index is 4.30. The van der Waals surface area contributed by atoms with Crippen LogP contribution < -0.4 is 5.32 Å². The average Bonchev–Trinajstić information content (AvgIpc) is 2.78. The Balaban J connectivity index is 2.06. The van der Waals surface area contributed by atoms with Crippen LogP contribution in [0.15, 0.2) is 12.5 Å². The summed E-state index contributed by atoms with van der Waals surface area (Å²) >= 11 is 0. The molecule has 0 amide bonds. The van der Waals surface area contributed by atoms with E-state index in [4.69, 9.17) is 0 Å². The molecule has 0 aliphatic carbocycles. The highest BCUT2D eigenvalue weighted by atomic mass is 15.1. The minimum Gasteiger partial charge on any atom is -0.332 e. The SMILES string of the molecule is CCCc1cncn1C(C)C1CCCNC1. The van der Waals surface area contributed by atoms with Crippen LogP contribution in [0.25, 0.3) is 0 Å². The Labute approximate surface area is 98.3 Å². The summed E-state index contributed by atoms with van der Waals surface area (Å²) in [6, 6.07) is 0.580. The predicted molar refractivity (Wildman–Crippen MR) is 66.5 cm³/mol. The second-order valence-electron chi connectivity index (χ2n) is 4.89. The summed E-state index contributed by atoms with van der Waals surface area (Å²) in [4.78, 5) is 4.30. The van der Waals surface area contributed by atoms with Gasteiger partial charge in [0.15, 0.2) is 0 Å². The van der Waals surface area contributed by atoms with Gasteiger partial charge in [-0.25, -0.2) is 4.98 Å². The third kappa shape index (κ3) is 2.46. The Morgan fingerprint density at radius 1 is 1.62 bits per heavy atom. The molecule has 3 nitrogen and oxygen atoms in total. The van der Waals surface area contributed by atoms with Crippen molar-refractivity contribution in [1.29, 1.82) is 0 Å². The zero-order valence-electron chi connectivity index (χ0n) is 10.4. The zero-order chi connectivity index (χ0) is 11.4. The molecule has 1 aliphatic rings. The van der Waals surface area contributed by atoms with E-state index >= 15 is 0 Å². The highest BCUT2D eigenvalue weighted by Crippen LogP contribution is 2.25. The van der Waals surface area contributed by atoms with Crippen molar-refractivity contribution in [3.05, 3.63) is 18.2 Å². The molecule has 1 aliphatic heterocycles. The van der Waals surface area contributed by atoms with Gasteiger partial charge in [-0.2, -0.15) is 0 Å². The molecule has 0 spiro atoms. The quantitative estimate of drug-likeness (QED) is 0.846. The minimum atomic E-state index is 0.580. The van der Waals surface area contributed by atoms with E-state index in [1.54, 1.807) is 0 Å². The summed E-state index contributed by atoms with van der Waals surface area (Å²) in [5.74, 6) is 0.763. The van der Waals surface area contributed by atoms with Crippen LogP contribution in [0, 0.1) is 5.92 Å². The maximum absolute atomic E-state index is 4.30. The fourth-order valence-corrected chi connectivity index (χ4v) is 2.67. The number of nitrogens with zero attached hydrogens (tertiary/aromatic N) is 2. The smallest absolute Gasteiger partial charge is 0.0950 e. The lowest BCUT2D eigenvalue weighted by Crippen LogP contribution is -2.34. The zero-order valence-corrected chi connectivity index (χ0v) is 10.4. The van der Waals surface area contributed by atoms with Crippen LogP contribution in [0.1, 0.15) is 44.8 Å². The fraction of sp³-hybridized carbons (Fsp3) is 0.769. The average molecular weight is 221 g/mol. The van der Waals surface area contributed by atoms with Crippen molar-refractivity contribution in [3.8, 4) is 0 Å². The van der Waals surface area contributed by atoms with Gasteiger partial charge in [0.05, 0.1) is 6.33 Å². The Morgan fingerprint density at radius 2 is 2.50 bits per heavy atom. The van der Waals surface area contributed by atoms with E-state index in [0.717, 1.165) is 18.9 Å². The van der Waals surface area contributed by atoms with Crippen LogP contribution in [0.4, 0.5) is 0 Å². The number of hydrogen-bond acceptors (Lipinski definition) is 2. The van der Waals surface area contributed by atoms with Gasteiger partial charge >= 0.3 is 0 Å². The Bertz CT molecular complexity index is 313.